The number of aryl methyl sites for hydroxylation is 1. The molecule has 146 valence electrons. The molecule has 0 fully saturated rings. The number of nitrogens with one attached hydrogen (secondary N) is 1. The number of carbonyl (C=O) groups excluding carboxylic acids is 1. The van der Waals surface area contributed by atoms with Crippen molar-refractivity contribution in [2.75, 3.05) is 5.32 Å². The van der Waals surface area contributed by atoms with Gasteiger partial charge in [-0.15, -0.1) is 11.3 Å². The molecule has 2 aromatic carbocycles. The maximum Gasteiger partial charge on any atom is 0.266 e. The number of hydrogen-bond donors (Lipinski definition) is 1. The van der Waals surface area contributed by atoms with Crippen molar-refractivity contribution in [2.45, 2.75) is 6.92 Å². The van der Waals surface area contributed by atoms with Crippen molar-refractivity contribution in [1.29, 1.82) is 5.26 Å². The lowest BCUT2D eigenvalue weighted by molar-refractivity contribution is -0.112. The molecule has 4 aromatic rings. The Morgan fingerprint density at radius 2 is 1.87 bits per heavy atom. The molecule has 0 bridgehead atoms. The topological polar surface area (TPSA) is 70.7 Å². The summed E-state index contributed by atoms with van der Waals surface area (Å²) < 4.78 is 1.76. The Morgan fingerprint density at radius 1 is 1.10 bits per heavy atom. The second kappa shape index (κ2) is 8.60. The van der Waals surface area contributed by atoms with E-state index >= 15 is 0 Å². The first-order valence-electron chi connectivity index (χ1n) is 9.33. The third-order valence-electron chi connectivity index (χ3n) is 4.58. The number of nitriles is 1. The zero-order chi connectivity index (χ0) is 20.9. The molecule has 0 aliphatic rings. The molecule has 0 saturated heterocycles. The van der Waals surface area contributed by atoms with Gasteiger partial charge in [0.15, 0.2) is 0 Å². The molecule has 0 unspecified atom stereocenters. The van der Waals surface area contributed by atoms with Crippen molar-refractivity contribution in [3.8, 4) is 22.3 Å². The van der Waals surface area contributed by atoms with Crippen molar-refractivity contribution in [3.05, 3.63) is 95.0 Å². The molecule has 0 spiro atoms. The number of para-hydroxylation sites is 2. The zero-order valence-corrected chi connectivity index (χ0v) is 17.1. The smallest absolute Gasteiger partial charge is 0.266 e. The van der Waals surface area contributed by atoms with E-state index in [-0.39, 0.29) is 5.57 Å². The highest BCUT2D eigenvalue weighted by Gasteiger charge is 2.16. The predicted octanol–water partition coefficient (Wildman–Crippen LogP) is 5.45. The van der Waals surface area contributed by atoms with Crippen LogP contribution in [0, 0.1) is 18.3 Å². The first-order valence-corrected chi connectivity index (χ1v) is 10.2. The van der Waals surface area contributed by atoms with Crippen molar-refractivity contribution in [3.63, 3.8) is 0 Å². The molecule has 0 aliphatic carbocycles. The molecular weight excluding hydrogens is 392 g/mol. The van der Waals surface area contributed by atoms with E-state index in [0.29, 0.717) is 11.3 Å². The molecule has 6 heteroatoms. The molecule has 0 aliphatic heterocycles. The minimum Gasteiger partial charge on any atom is -0.321 e. The molecule has 1 N–H and O–H groups in total. The SMILES string of the molecule is Cc1ccccc1NC(=O)C(C#N)=Cc1cn(-c2ccccc2)nc1-c1cccs1. The van der Waals surface area contributed by atoms with Crippen LogP contribution >= 0.6 is 11.3 Å². The Kier molecular flexibility index (Phi) is 5.55. The fourth-order valence-electron chi connectivity index (χ4n) is 3.02. The van der Waals surface area contributed by atoms with Crippen LogP contribution in [-0.4, -0.2) is 15.7 Å². The average Bonchev–Trinajstić information content (AvgIpc) is 3.44. The van der Waals surface area contributed by atoms with Crippen LogP contribution in [-0.2, 0) is 4.79 Å². The fourth-order valence-corrected chi connectivity index (χ4v) is 3.75. The van der Waals surface area contributed by atoms with E-state index in [1.807, 2.05) is 91.3 Å². The summed E-state index contributed by atoms with van der Waals surface area (Å²) in [7, 11) is 0. The summed E-state index contributed by atoms with van der Waals surface area (Å²) in [6.45, 7) is 1.91. The Bertz CT molecular complexity index is 1250. The molecule has 0 radical (unpaired) electrons. The number of carbonyl (C=O) groups is 1. The molecule has 5 nitrogen and oxygen atoms in total. The van der Waals surface area contributed by atoms with Crippen LogP contribution in [0.2, 0.25) is 0 Å². The van der Waals surface area contributed by atoms with E-state index in [2.05, 4.69) is 5.32 Å². The van der Waals surface area contributed by atoms with Gasteiger partial charge < -0.3 is 5.32 Å². The van der Waals surface area contributed by atoms with Crippen LogP contribution < -0.4 is 5.32 Å². The van der Waals surface area contributed by atoms with Crippen LogP contribution in [0.25, 0.3) is 22.3 Å². The summed E-state index contributed by atoms with van der Waals surface area (Å²) in [5.41, 5.74) is 3.96. The molecule has 4 rings (SSSR count). The van der Waals surface area contributed by atoms with Crippen molar-refractivity contribution >= 4 is 29.0 Å². The summed E-state index contributed by atoms with van der Waals surface area (Å²) in [5.74, 6) is -0.448. The predicted molar refractivity (Wildman–Crippen MR) is 120 cm³/mol. The molecule has 1 amide bonds. The Morgan fingerprint density at radius 3 is 2.57 bits per heavy atom. The van der Waals surface area contributed by atoms with Crippen molar-refractivity contribution < 1.29 is 4.79 Å². The Balaban J connectivity index is 1.73. The lowest BCUT2D eigenvalue weighted by Gasteiger charge is -2.07. The third-order valence-corrected chi connectivity index (χ3v) is 5.45. The Labute approximate surface area is 178 Å². The molecule has 2 aromatic heterocycles. The van der Waals surface area contributed by atoms with E-state index in [0.717, 1.165) is 21.8 Å². The van der Waals surface area contributed by atoms with E-state index in [4.69, 9.17) is 5.10 Å². The van der Waals surface area contributed by atoms with Crippen LogP contribution in [0.15, 0.2) is 83.9 Å². The number of nitrogens with zero attached hydrogens (tertiary/aromatic N) is 3. The normalized spacial score (nSPS) is 11.1. The van der Waals surface area contributed by atoms with E-state index < -0.39 is 5.91 Å². The van der Waals surface area contributed by atoms with Gasteiger partial charge in [-0.2, -0.15) is 10.4 Å². The van der Waals surface area contributed by atoms with Gasteiger partial charge in [0.2, 0.25) is 0 Å². The maximum absolute atomic E-state index is 12.7. The fraction of sp³-hybridized carbons (Fsp3) is 0.0417. The second-order valence-corrected chi connectivity index (χ2v) is 7.58. The van der Waals surface area contributed by atoms with Gasteiger partial charge in [-0.05, 0) is 48.2 Å². The van der Waals surface area contributed by atoms with E-state index in [1.54, 1.807) is 22.1 Å². The first kappa shape index (κ1) is 19.4. The van der Waals surface area contributed by atoms with Gasteiger partial charge in [0.25, 0.3) is 5.91 Å². The number of amides is 1. The quantitative estimate of drug-likeness (QED) is 0.351. The van der Waals surface area contributed by atoms with E-state index in [1.165, 1.54) is 0 Å². The second-order valence-electron chi connectivity index (χ2n) is 6.63. The molecule has 0 saturated carbocycles. The van der Waals surface area contributed by atoms with Crippen LogP contribution in [0.3, 0.4) is 0 Å². The van der Waals surface area contributed by atoms with Gasteiger partial charge >= 0.3 is 0 Å². The summed E-state index contributed by atoms with van der Waals surface area (Å²) in [4.78, 5) is 13.7. The lowest BCUT2D eigenvalue weighted by Crippen LogP contribution is -2.14. The minimum atomic E-state index is -0.448. The standard InChI is InChI=1S/C24H18N4OS/c1-17-8-5-6-11-21(17)26-24(29)18(15-25)14-19-16-28(20-9-3-2-4-10-20)27-23(19)22-12-7-13-30-22/h2-14,16H,1H3,(H,26,29). The summed E-state index contributed by atoms with van der Waals surface area (Å²) in [5, 5.41) is 19.1. The summed E-state index contributed by atoms with van der Waals surface area (Å²) in [6.07, 6.45) is 3.43. The highest BCUT2D eigenvalue weighted by atomic mass is 32.1. The van der Waals surface area contributed by atoms with Gasteiger partial charge in [-0.1, -0.05) is 42.5 Å². The Hall–Kier alpha value is -3.95. The van der Waals surface area contributed by atoms with Gasteiger partial charge in [0, 0.05) is 17.4 Å². The molecule has 30 heavy (non-hydrogen) atoms. The van der Waals surface area contributed by atoms with E-state index in [9.17, 15) is 10.1 Å². The lowest BCUT2D eigenvalue weighted by atomic mass is 10.1. The number of benzene rings is 2. The molecular formula is C24H18N4OS. The minimum absolute atomic E-state index is 0.0173. The molecule has 0 atom stereocenters. The number of rotatable bonds is 5. The number of hydrogen-bond acceptors (Lipinski definition) is 4. The largest absolute Gasteiger partial charge is 0.321 e. The summed E-state index contributed by atoms with van der Waals surface area (Å²) >= 11 is 1.56. The van der Waals surface area contributed by atoms with Crippen LogP contribution in [0.5, 0.6) is 0 Å². The highest BCUT2D eigenvalue weighted by molar-refractivity contribution is 7.13. The van der Waals surface area contributed by atoms with Crippen LogP contribution in [0.4, 0.5) is 5.69 Å². The van der Waals surface area contributed by atoms with Crippen molar-refractivity contribution in [2.24, 2.45) is 0 Å². The number of thiophene rings is 1. The third kappa shape index (κ3) is 4.07. The number of anilines is 1. The van der Waals surface area contributed by atoms with Crippen molar-refractivity contribution in [1.82, 2.24) is 9.78 Å². The zero-order valence-electron chi connectivity index (χ0n) is 16.2. The monoisotopic (exact) mass is 410 g/mol. The average molecular weight is 411 g/mol. The van der Waals surface area contributed by atoms with Gasteiger partial charge in [0.05, 0.1) is 10.6 Å². The maximum atomic E-state index is 12.7. The van der Waals surface area contributed by atoms with Gasteiger partial charge in [-0.25, -0.2) is 4.68 Å². The van der Waals surface area contributed by atoms with Gasteiger partial charge in [-0.3, -0.25) is 4.79 Å². The van der Waals surface area contributed by atoms with Gasteiger partial charge in [0.1, 0.15) is 17.3 Å². The molecule has 2 heterocycles. The van der Waals surface area contributed by atoms with Crippen LogP contribution in [0.1, 0.15) is 11.1 Å². The summed E-state index contributed by atoms with van der Waals surface area (Å²) in [6, 6.07) is 23.1. The highest BCUT2D eigenvalue weighted by Crippen LogP contribution is 2.29. The first-order chi connectivity index (χ1) is 14.7. The number of aromatic nitrogens is 2.